The molecule has 1 aromatic carbocycles. The van der Waals surface area contributed by atoms with E-state index in [0.29, 0.717) is 48.8 Å². The van der Waals surface area contributed by atoms with Crippen LogP contribution in [0.4, 0.5) is 19.9 Å². The Morgan fingerprint density at radius 3 is 2.85 bits per heavy atom. The number of nitrogens with one attached hydrogen (secondary N) is 1. The smallest absolute Gasteiger partial charge is 0.414 e. The fourth-order valence-corrected chi connectivity index (χ4v) is 4.84. The largest absolute Gasteiger partial charge is 0.442 e. The number of nitrogens with zero attached hydrogens (tertiary/aromatic N) is 3. The van der Waals surface area contributed by atoms with Gasteiger partial charge in [-0.2, -0.15) is 0 Å². The van der Waals surface area contributed by atoms with Crippen LogP contribution in [0.1, 0.15) is 23.8 Å². The molecule has 1 amide bonds. The minimum Gasteiger partial charge on any atom is -0.442 e. The van der Waals surface area contributed by atoms with E-state index in [1.807, 2.05) is 6.08 Å². The fourth-order valence-electron chi connectivity index (χ4n) is 3.90. The normalized spacial score (nSPS) is 18.7. The van der Waals surface area contributed by atoms with E-state index in [-0.39, 0.29) is 21.8 Å². The summed E-state index contributed by atoms with van der Waals surface area (Å²) in [6.45, 7) is 4.48. The van der Waals surface area contributed by atoms with Crippen LogP contribution in [0, 0.1) is 15.9 Å². The number of hydrogen-bond donors (Lipinski definition) is 1. The molecule has 1 atom stereocenters. The van der Waals surface area contributed by atoms with Crippen LogP contribution in [0.3, 0.4) is 0 Å². The summed E-state index contributed by atoms with van der Waals surface area (Å²) >= 11 is 6.16. The molecule has 1 saturated heterocycles. The first-order valence-corrected chi connectivity index (χ1v) is 11.7. The van der Waals surface area contributed by atoms with Crippen LogP contribution in [0.25, 0.3) is 5.57 Å². The number of carbonyl (C=O) groups excluding carboxylic acids is 1. The van der Waals surface area contributed by atoms with Gasteiger partial charge in [0, 0.05) is 36.1 Å². The molecule has 2 aliphatic heterocycles. The number of thiophene rings is 1. The van der Waals surface area contributed by atoms with Crippen LogP contribution in [0.5, 0.6) is 0 Å². The number of amides is 1. The first kappa shape index (κ1) is 23.3. The van der Waals surface area contributed by atoms with Crippen LogP contribution in [-0.2, 0) is 11.3 Å². The van der Waals surface area contributed by atoms with Crippen molar-refractivity contribution in [2.75, 3.05) is 31.1 Å². The van der Waals surface area contributed by atoms with Crippen molar-refractivity contribution >= 4 is 50.9 Å². The number of anilines is 1. The average molecular weight is 491 g/mol. The standard InChI is InChI=1S/C22H23FN4O4S2/c1-14(32)24-11-17-12-26(22(28)31-17)16-2-4-19(20(23)10-16)15-6-8-25(9-7-15)13-18-3-5-21(33-18)27(29)30/h2-6,10,17H,7-9,11-13H2,1H3,(H,24,32)/t17-/m0/s1. The van der Waals surface area contributed by atoms with Gasteiger partial charge >= 0.3 is 11.1 Å². The van der Waals surface area contributed by atoms with Gasteiger partial charge in [0.15, 0.2) is 0 Å². The van der Waals surface area contributed by atoms with Crippen LogP contribution in [-0.4, -0.2) is 53.2 Å². The number of cyclic esters (lactones) is 1. The highest BCUT2D eigenvalue weighted by atomic mass is 32.1. The van der Waals surface area contributed by atoms with Crippen molar-refractivity contribution in [3.05, 3.63) is 62.8 Å². The highest BCUT2D eigenvalue weighted by Gasteiger charge is 2.32. The van der Waals surface area contributed by atoms with Gasteiger partial charge in [0.05, 0.1) is 28.7 Å². The monoisotopic (exact) mass is 490 g/mol. The molecule has 11 heteroatoms. The molecule has 174 valence electrons. The van der Waals surface area contributed by atoms with Crippen LogP contribution in [0.15, 0.2) is 36.4 Å². The second-order valence-electron chi connectivity index (χ2n) is 7.93. The van der Waals surface area contributed by atoms with E-state index in [4.69, 9.17) is 17.0 Å². The minimum absolute atomic E-state index is 0.138. The molecule has 0 aliphatic carbocycles. The third-order valence-electron chi connectivity index (χ3n) is 5.56. The topological polar surface area (TPSA) is 88.0 Å². The van der Waals surface area contributed by atoms with Crippen LogP contribution < -0.4 is 10.2 Å². The Labute approximate surface area is 199 Å². The van der Waals surface area contributed by atoms with Gasteiger partial charge in [-0.1, -0.05) is 29.6 Å². The number of carbonyl (C=O) groups is 1. The van der Waals surface area contributed by atoms with Gasteiger partial charge < -0.3 is 10.1 Å². The molecule has 0 spiro atoms. The molecule has 33 heavy (non-hydrogen) atoms. The Bertz CT molecular complexity index is 1120. The lowest BCUT2D eigenvalue weighted by molar-refractivity contribution is -0.380. The van der Waals surface area contributed by atoms with Crippen molar-refractivity contribution in [3.63, 3.8) is 0 Å². The van der Waals surface area contributed by atoms with E-state index in [9.17, 15) is 19.3 Å². The van der Waals surface area contributed by atoms with Crippen molar-refractivity contribution in [2.24, 2.45) is 0 Å². The summed E-state index contributed by atoms with van der Waals surface area (Å²) in [5.74, 6) is -0.384. The van der Waals surface area contributed by atoms with Crippen molar-refractivity contribution in [3.8, 4) is 0 Å². The SMILES string of the molecule is CC(=S)NC[C@H]1CN(c2ccc(C3=CCN(Cc4ccc([N+](=O)[O-])s4)CC3)c(F)c2)C(=O)O1. The molecule has 0 bridgehead atoms. The van der Waals surface area contributed by atoms with Gasteiger partial charge in [0.2, 0.25) is 0 Å². The lowest BCUT2D eigenvalue weighted by atomic mass is 9.98. The summed E-state index contributed by atoms with van der Waals surface area (Å²) < 4.78 is 20.3. The first-order chi connectivity index (χ1) is 15.8. The third kappa shape index (κ3) is 5.55. The summed E-state index contributed by atoms with van der Waals surface area (Å²) in [6.07, 6.45) is 1.80. The quantitative estimate of drug-likeness (QED) is 0.351. The van der Waals surface area contributed by atoms with E-state index in [1.54, 1.807) is 25.1 Å². The maximum absolute atomic E-state index is 15.0. The number of benzene rings is 1. The summed E-state index contributed by atoms with van der Waals surface area (Å²) in [7, 11) is 0. The minimum atomic E-state index is -0.502. The van der Waals surface area contributed by atoms with Gasteiger partial charge in [0.1, 0.15) is 11.9 Å². The summed E-state index contributed by atoms with van der Waals surface area (Å²) in [5.41, 5.74) is 1.89. The summed E-state index contributed by atoms with van der Waals surface area (Å²) in [5, 5.41) is 14.0. The van der Waals surface area contributed by atoms with E-state index in [2.05, 4.69) is 10.2 Å². The molecule has 0 unspecified atom stereocenters. The Balaban J connectivity index is 1.38. The highest BCUT2D eigenvalue weighted by Crippen LogP contribution is 2.31. The lowest BCUT2D eigenvalue weighted by Gasteiger charge is -2.26. The summed E-state index contributed by atoms with van der Waals surface area (Å²) in [6, 6.07) is 8.11. The molecule has 1 N–H and O–H groups in total. The molecule has 0 saturated carbocycles. The van der Waals surface area contributed by atoms with Gasteiger partial charge in [-0.05, 0) is 43.2 Å². The number of ether oxygens (including phenoxy) is 1. The average Bonchev–Trinajstić information content (AvgIpc) is 3.39. The Morgan fingerprint density at radius 1 is 1.39 bits per heavy atom. The van der Waals surface area contributed by atoms with E-state index in [0.717, 1.165) is 17.0 Å². The van der Waals surface area contributed by atoms with Crippen molar-refractivity contribution in [1.29, 1.82) is 0 Å². The summed E-state index contributed by atoms with van der Waals surface area (Å²) in [4.78, 5) is 27.8. The predicted molar refractivity (Wildman–Crippen MR) is 129 cm³/mol. The lowest BCUT2D eigenvalue weighted by Crippen LogP contribution is -2.32. The highest BCUT2D eigenvalue weighted by molar-refractivity contribution is 7.80. The zero-order chi connectivity index (χ0) is 23.5. The van der Waals surface area contributed by atoms with Crippen LogP contribution in [0.2, 0.25) is 0 Å². The van der Waals surface area contributed by atoms with E-state index in [1.165, 1.54) is 28.4 Å². The molecule has 2 aromatic rings. The maximum atomic E-state index is 15.0. The molecule has 4 rings (SSSR count). The number of halogens is 1. The molecule has 1 fully saturated rings. The second kappa shape index (κ2) is 9.94. The first-order valence-electron chi connectivity index (χ1n) is 10.5. The number of rotatable bonds is 7. The van der Waals surface area contributed by atoms with Crippen molar-refractivity contribution < 1.29 is 18.8 Å². The van der Waals surface area contributed by atoms with Crippen molar-refractivity contribution in [1.82, 2.24) is 10.2 Å². The van der Waals surface area contributed by atoms with E-state index < -0.39 is 6.09 Å². The van der Waals surface area contributed by atoms with Gasteiger partial charge in [-0.3, -0.25) is 19.9 Å². The number of hydrogen-bond acceptors (Lipinski definition) is 7. The molecule has 0 radical (unpaired) electrons. The van der Waals surface area contributed by atoms with E-state index >= 15 is 0 Å². The maximum Gasteiger partial charge on any atom is 0.414 e. The Kier molecular flexibility index (Phi) is 7.01. The number of nitro groups is 1. The molecular formula is C22H23FN4O4S2. The Hall–Kier alpha value is -2.89. The Morgan fingerprint density at radius 2 is 2.21 bits per heavy atom. The number of thiocarbonyl (C=S) groups is 1. The predicted octanol–water partition coefficient (Wildman–Crippen LogP) is 4.35. The second-order valence-corrected chi connectivity index (χ2v) is 9.69. The molecule has 8 nitrogen and oxygen atoms in total. The molecule has 1 aromatic heterocycles. The zero-order valence-electron chi connectivity index (χ0n) is 18.0. The molecule has 3 heterocycles. The molecule has 2 aliphatic rings. The van der Waals surface area contributed by atoms with Gasteiger partial charge in [-0.15, -0.1) is 0 Å². The van der Waals surface area contributed by atoms with Crippen molar-refractivity contribution in [2.45, 2.75) is 26.0 Å². The zero-order valence-corrected chi connectivity index (χ0v) is 19.6. The van der Waals surface area contributed by atoms with Crippen LogP contribution >= 0.6 is 23.6 Å². The molecular weight excluding hydrogens is 467 g/mol. The van der Waals surface area contributed by atoms with Gasteiger partial charge in [-0.25, -0.2) is 9.18 Å². The fraction of sp³-hybridized carbons (Fsp3) is 0.364. The third-order valence-corrected chi connectivity index (χ3v) is 6.73. The van der Waals surface area contributed by atoms with Gasteiger partial charge in [0.25, 0.3) is 0 Å².